The lowest BCUT2D eigenvalue weighted by molar-refractivity contribution is -0.117. The standard InChI is InChI=1S/C23H20ClNO/c1-16-20(24)13-8-14-21(16)25-22(26)19-15-23(19,17-9-4-2-5-10-17)18-11-6-3-7-12-18/h2-14,19H,15H2,1H3,(H,25,26)/t19-/m1/s1. The van der Waals surface area contributed by atoms with E-state index in [0.717, 1.165) is 17.7 Å². The van der Waals surface area contributed by atoms with Crippen LogP contribution < -0.4 is 5.32 Å². The summed E-state index contributed by atoms with van der Waals surface area (Å²) in [6.45, 7) is 1.92. The van der Waals surface area contributed by atoms with Crippen molar-refractivity contribution >= 4 is 23.2 Å². The van der Waals surface area contributed by atoms with Gasteiger partial charge in [-0.3, -0.25) is 4.79 Å². The molecule has 0 unspecified atom stereocenters. The van der Waals surface area contributed by atoms with Crippen molar-refractivity contribution in [2.45, 2.75) is 18.8 Å². The fraction of sp³-hybridized carbons (Fsp3) is 0.174. The fourth-order valence-corrected chi connectivity index (χ4v) is 3.99. The van der Waals surface area contributed by atoms with Gasteiger partial charge in [-0.05, 0) is 42.2 Å². The van der Waals surface area contributed by atoms with Crippen LogP contribution in [0, 0.1) is 12.8 Å². The molecular weight excluding hydrogens is 342 g/mol. The second-order valence-corrected chi connectivity index (χ2v) is 7.27. The first-order valence-corrected chi connectivity index (χ1v) is 9.18. The second kappa shape index (κ2) is 6.62. The number of anilines is 1. The van der Waals surface area contributed by atoms with Crippen LogP contribution >= 0.6 is 11.6 Å². The first-order chi connectivity index (χ1) is 12.6. The molecular formula is C23H20ClNO. The zero-order valence-electron chi connectivity index (χ0n) is 14.6. The average molecular weight is 362 g/mol. The monoisotopic (exact) mass is 361 g/mol. The Labute approximate surface area is 158 Å². The predicted octanol–water partition coefficient (Wildman–Crippen LogP) is 5.59. The SMILES string of the molecule is Cc1c(Cl)cccc1NC(=O)[C@H]1CC1(c1ccccc1)c1ccccc1. The van der Waals surface area contributed by atoms with Crippen LogP contribution in [0.25, 0.3) is 0 Å². The summed E-state index contributed by atoms with van der Waals surface area (Å²) in [4.78, 5) is 13.0. The van der Waals surface area contributed by atoms with Gasteiger partial charge in [-0.2, -0.15) is 0 Å². The number of halogens is 1. The van der Waals surface area contributed by atoms with E-state index < -0.39 is 0 Å². The van der Waals surface area contributed by atoms with Gasteiger partial charge in [0.1, 0.15) is 0 Å². The molecule has 0 aliphatic heterocycles. The first kappa shape index (κ1) is 16.9. The zero-order valence-corrected chi connectivity index (χ0v) is 15.3. The van der Waals surface area contributed by atoms with Crippen LogP contribution in [0.15, 0.2) is 78.9 Å². The van der Waals surface area contributed by atoms with Gasteiger partial charge in [0.25, 0.3) is 0 Å². The lowest BCUT2D eigenvalue weighted by Gasteiger charge is -2.19. The number of amides is 1. The third-order valence-corrected chi connectivity index (χ3v) is 5.79. The third-order valence-electron chi connectivity index (χ3n) is 5.38. The Morgan fingerprint density at radius 1 is 0.923 bits per heavy atom. The van der Waals surface area contributed by atoms with E-state index in [2.05, 4.69) is 29.6 Å². The van der Waals surface area contributed by atoms with Gasteiger partial charge in [0, 0.05) is 16.1 Å². The predicted molar refractivity (Wildman–Crippen MR) is 107 cm³/mol. The number of hydrogen-bond donors (Lipinski definition) is 1. The molecule has 0 spiro atoms. The third kappa shape index (κ3) is 2.81. The van der Waals surface area contributed by atoms with Crippen LogP contribution in [0.1, 0.15) is 23.1 Å². The largest absolute Gasteiger partial charge is 0.326 e. The average Bonchev–Trinajstić information content (AvgIpc) is 3.44. The van der Waals surface area contributed by atoms with Gasteiger partial charge in [0.15, 0.2) is 0 Å². The van der Waals surface area contributed by atoms with Crippen LogP contribution in [-0.4, -0.2) is 5.91 Å². The lowest BCUT2D eigenvalue weighted by Crippen LogP contribution is -2.22. The van der Waals surface area contributed by atoms with Gasteiger partial charge in [0.2, 0.25) is 5.91 Å². The number of nitrogens with one attached hydrogen (secondary N) is 1. The summed E-state index contributed by atoms with van der Waals surface area (Å²) < 4.78 is 0. The maximum Gasteiger partial charge on any atom is 0.228 e. The summed E-state index contributed by atoms with van der Waals surface area (Å²) in [7, 11) is 0. The summed E-state index contributed by atoms with van der Waals surface area (Å²) in [5, 5.41) is 3.75. The zero-order chi connectivity index (χ0) is 18.1. The topological polar surface area (TPSA) is 29.1 Å². The highest BCUT2D eigenvalue weighted by atomic mass is 35.5. The molecule has 1 saturated carbocycles. The Kier molecular flexibility index (Phi) is 4.29. The molecule has 0 heterocycles. The van der Waals surface area contributed by atoms with E-state index in [-0.39, 0.29) is 17.2 Å². The fourth-order valence-electron chi connectivity index (χ4n) is 3.82. The number of rotatable bonds is 4. The molecule has 0 saturated heterocycles. The van der Waals surface area contributed by atoms with Crippen molar-refractivity contribution in [3.05, 3.63) is 101 Å². The van der Waals surface area contributed by atoms with Crippen molar-refractivity contribution in [3.63, 3.8) is 0 Å². The lowest BCUT2D eigenvalue weighted by atomic mass is 9.85. The molecule has 3 heteroatoms. The maximum absolute atomic E-state index is 13.0. The van der Waals surface area contributed by atoms with Gasteiger partial charge in [-0.25, -0.2) is 0 Å². The van der Waals surface area contributed by atoms with Crippen molar-refractivity contribution in [1.29, 1.82) is 0 Å². The minimum atomic E-state index is -0.251. The van der Waals surface area contributed by atoms with E-state index in [1.54, 1.807) is 0 Å². The molecule has 3 aromatic carbocycles. The van der Waals surface area contributed by atoms with Crippen LogP contribution in [-0.2, 0) is 10.2 Å². The van der Waals surface area contributed by atoms with Crippen molar-refractivity contribution in [1.82, 2.24) is 0 Å². The molecule has 0 aromatic heterocycles. The van der Waals surface area contributed by atoms with Gasteiger partial charge in [0.05, 0.1) is 5.92 Å². The maximum atomic E-state index is 13.0. The minimum absolute atomic E-state index is 0.0445. The Hall–Kier alpha value is -2.58. The smallest absolute Gasteiger partial charge is 0.228 e. The van der Waals surface area contributed by atoms with E-state index >= 15 is 0 Å². The molecule has 130 valence electrons. The van der Waals surface area contributed by atoms with Gasteiger partial charge < -0.3 is 5.32 Å². The molecule has 1 amide bonds. The Bertz CT molecular complexity index is 897. The van der Waals surface area contributed by atoms with Crippen molar-refractivity contribution in [2.75, 3.05) is 5.32 Å². The Morgan fingerprint density at radius 3 is 2.08 bits per heavy atom. The highest BCUT2D eigenvalue weighted by Gasteiger charge is 2.60. The van der Waals surface area contributed by atoms with Crippen LogP contribution in [0.2, 0.25) is 5.02 Å². The van der Waals surface area contributed by atoms with E-state index in [9.17, 15) is 4.79 Å². The first-order valence-electron chi connectivity index (χ1n) is 8.80. The molecule has 1 aliphatic carbocycles. The number of carbonyl (C=O) groups is 1. The molecule has 1 atom stereocenters. The van der Waals surface area contributed by atoms with E-state index in [4.69, 9.17) is 11.6 Å². The molecule has 0 radical (unpaired) electrons. The normalized spacial score (nSPS) is 17.5. The van der Waals surface area contributed by atoms with Gasteiger partial charge >= 0.3 is 0 Å². The Balaban J connectivity index is 1.67. The van der Waals surface area contributed by atoms with Crippen molar-refractivity contribution in [3.8, 4) is 0 Å². The van der Waals surface area contributed by atoms with E-state index in [1.165, 1.54) is 11.1 Å². The van der Waals surface area contributed by atoms with Crippen LogP contribution in [0.4, 0.5) is 5.69 Å². The van der Waals surface area contributed by atoms with Gasteiger partial charge in [-0.15, -0.1) is 0 Å². The highest BCUT2D eigenvalue weighted by molar-refractivity contribution is 6.31. The van der Waals surface area contributed by atoms with E-state index in [1.807, 2.05) is 61.5 Å². The van der Waals surface area contributed by atoms with Crippen molar-refractivity contribution in [2.24, 2.45) is 5.92 Å². The summed E-state index contributed by atoms with van der Waals surface area (Å²) in [6, 6.07) is 26.2. The molecule has 4 rings (SSSR count). The quantitative estimate of drug-likeness (QED) is 0.644. The molecule has 1 aliphatic rings. The second-order valence-electron chi connectivity index (χ2n) is 6.86. The number of hydrogen-bond acceptors (Lipinski definition) is 1. The van der Waals surface area contributed by atoms with Crippen LogP contribution in [0.5, 0.6) is 0 Å². The molecule has 1 fully saturated rings. The van der Waals surface area contributed by atoms with E-state index in [0.29, 0.717) is 5.02 Å². The molecule has 0 bridgehead atoms. The number of benzene rings is 3. The highest BCUT2D eigenvalue weighted by Crippen LogP contribution is 2.59. The van der Waals surface area contributed by atoms with Crippen LogP contribution in [0.3, 0.4) is 0 Å². The minimum Gasteiger partial charge on any atom is -0.326 e. The summed E-state index contributed by atoms with van der Waals surface area (Å²) in [5.41, 5.74) is 3.81. The summed E-state index contributed by atoms with van der Waals surface area (Å²) in [6.07, 6.45) is 0.812. The Morgan fingerprint density at radius 2 is 1.50 bits per heavy atom. The molecule has 26 heavy (non-hydrogen) atoms. The molecule has 3 aromatic rings. The molecule has 2 nitrogen and oxygen atoms in total. The van der Waals surface area contributed by atoms with Crippen molar-refractivity contribution < 1.29 is 4.79 Å². The summed E-state index contributed by atoms with van der Waals surface area (Å²) in [5.74, 6) is -0.0474. The number of carbonyl (C=O) groups excluding carboxylic acids is 1. The van der Waals surface area contributed by atoms with Gasteiger partial charge in [-0.1, -0.05) is 78.3 Å². The molecule has 1 N–H and O–H groups in total. The summed E-state index contributed by atoms with van der Waals surface area (Å²) >= 11 is 6.19.